The van der Waals surface area contributed by atoms with Gasteiger partial charge in [-0.15, -0.1) is 0 Å². The van der Waals surface area contributed by atoms with E-state index in [1.54, 1.807) is 19.3 Å². The Bertz CT molecular complexity index is 551. The van der Waals surface area contributed by atoms with E-state index in [0.29, 0.717) is 6.61 Å². The fourth-order valence-corrected chi connectivity index (χ4v) is 5.59. The number of hydrogen-bond acceptors (Lipinski definition) is 5. The summed E-state index contributed by atoms with van der Waals surface area (Å²) in [5.41, 5.74) is -0.623. The molecule has 1 fully saturated rings. The first kappa shape index (κ1) is 22.0. The van der Waals surface area contributed by atoms with Crippen LogP contribution in [-0.4, -0.2) is 54.1 Å². The van der Waals surface area contributed by atoms with Gasteiger partial charge in [0.25, 0.3) is 0 Å². The molecular weight excluding hydrogens is 364 g/mol. The van der Waals surface area contributed by atoms with Gasteiger partial charge in [0.05, 0.1) is 24.2 Å². The highest BCUT2D eigenvalue weighted by Gasteiger charge is 2.59. The van der Waals surface area contributed by atoms with Gasteiger partial charge < -0.3 is 18.3 Å². The lowest BCUT2D eigenvalue weighted by Gasteiger charge is -2.47. The number of carbonyl (C=O) groups excluding carboxylic acids is 1. The standard InChI is InChI=1S/C19H36O5Si2/c1-18-11-9-15(23-19(18,21-2)12-10-17(18)20)13-16(24-26(6,7)8)14-22-25(3,4)5/h10,12,15-16H,9,11,13-14H2,1-8H3/t15-,16?,18+,19-/m0/s1. The summed E-state index contributed by atoms with van der Waals surface area (Å²) in [6.45, 7) is 15.7. The Morgan fingerprint density at radius 1 is 1.23 bits per heavy atom. The third-order valence-corrected chi connectivity index (χ3v) is 7.20. The van der Waals surface area contributed by atoms with Crippen molar-refractivity contribution < 1.29 is 23.1 Å². The fourth-order valence-electron chi connectivity index (χ4n) is 3.74. The van der Waals surface area contributed by atoms with Crippen molar-refractivity contribution >= 4 is 22.4 Å². The average Bonchev–Trinajstić information content (AvgIpc) is 2.76. The predicted molar refractivity (Wildman–Crippen MR) is 108 cm³/mol. The van der Waals surface area contributed by atoms with Crippen LogP contribution in [-0.2, 0) is 23.1 Å². The van der Waals surface area contributed by atoms with Crippen molar-refractivity contribution in [2.45, 2.75) is 83.5 Å². The Hall–Kier alpha value is -0.316. The molecule has 0 bridgehead atoms. The van der Waals surface area contributed by atoms with Gasteiger partial charge in [0.1, 0.15) is 0 Å². The maximum atomic E-state index is 12.3. The number of allylic oxidation sites excluding steroid dienone is 1. The van der Waals surface area contributed by atoms with Gasteiger partial charge in [-0.05, 0) is 71.2 Å². The number of ether oxygens (including phenoxy) is 2. The molecule has 26 heavy (non-hydrogen) atoms. The lowest BCUT2D eigenvalue weighted by Crippen LogP contribution is -2.55. The summed E-state index contributed by atoms with van der Waals surface area (Å²) in [4.78, 5) is 12.3. The Kier molecular flexibility index (Phi) is 6.42. The second-order valence-electron chi connectivity index (χ2n) is 9.69. The van der Waals surface area contributed by atoms with Gasteiger partial charge in [-0.1, -0.05) is 0 Å². The van der Waals surface area contributed by atoms with Crippen LogP contribution in [0.25, 0.3) is 0 Å². The summed E-state index contributed by atoms with van der Waals surface area (Å²) in [5, 5.41) is 0. The van der Waals surface area contributed by atoms with Crippen LogP contribution >= 0.6 is 0 Å². The zero-order valence-corrected chi connectivity index (χ0v) is 19.7. The topological polar surface area (TPSA) is 54.0 Å². The highest BCUT2D eigenvalue weighted by atomic mass is 28.4. The zero-order valence-electron chi connectivity index (χ0n) is 17.7. The molecule has 150 valence electrons. The maximum absolute atomic E-state index is 12.3. The molecule has 5 nitrogen and oxygen atoms in total. The van der Waals surface area contributed by atoms with E-state index in [2.05, 4.69) is 39.3 Å². The van der Waals surface area contributed by atoms with Crippen molar-refractivity contribution in [3.05, 3.63) is 12.2 Å². The van der Waals surface area contributed by atoms with E-state index in [-0.39, 0.29) is 18.0 Å². The molecule has 1 saturated heterocycles. The lowest BCUT2D eigenvalue weighted by atomic mass is 9.74. The number of ketones is 1. The molecule has 7 heteroatoms. The minimum atomic E-state index is -1.70. The highest BCUT2D eigenvalue weighted by Crippen LogP contribution is 2.50. The summed E-state index contributed by atoms with van der Waals surface area (Å²) in [6.07, 6.45) is 5.74. The van der Waals surface area contributed by atoms with E-state index in [9.17, 15) is 4.79 Å². The molecule has 2 rings (SSSR count). The van der Waals surface area contributed by atoms with Gasteiger partial charge in [0.2, 0.25) is 5.79 Å². The zero-order chi connectivity index (χ0) is 19.8. The highest BCUT2D eigenvalue weighted by molar-refractivity contribution is 6.70. The van der Waals surface area contributed by atoms with Crippen LogP contribution in [0, 0.1) is 5.41 Å². The Balaban J connectivity index is 2.08. The van der Waals surface area contributed by atoms with Crippen molar-refractivity contribution in [2.24, 2.45) is 5.41 Å². The molecule has 0 N–H and O–H groups in total. The molecular formula is C19H36O5Si2. The van der Waals surface area contributed by atoms with Crippen molar-refractivity contribution in [2.75, 3.05) is 13.7 Å². The van der Waals surface area contributed by atoms with Crippen LogP contribution in [0.15, 0.2) is 12.2 Å². The van der Waals surface area contributed by atoms with E-state index >= 15 is 0 Å². The summed E-state index contributed by atoms with van der Waals surface area (Å²) < 4.78 is 24.6. The number of rotatable bonds is 8. The third-order valence-electron chi connectivity index (χ3n) is 5.13. The van der Waals surface area contributed by atoms with Crippen molar-refractivity contribution in [1.29, 1.82) is 0 Å². The molecule has 0 radical (unpaired) electrons. The SMILES string of the molecule is CO[C@]12C=CC(=O)[C@@]1(C)CC[C@@H](CC(CO[Si](C)(C)C)O[Si](C)(C)C)O2. The third kappa shape index (κ3) is 4.94. The molecule has 0 aromatic rings. The summed E-state index contributed by atoms with van der Waals surface area (Å²) in [6, 6.07) is 0. The molecule has 0 aromatic heterocycles. The lowest BCUT2D eigenvalue weighted by molar-refractivity contribution is -0.287. The number of carbonyl (C=O) groups is 1. The van der Waals surface area contributed by atoms with Crippen LogP contribution < -0.4 is 0 Å². The monoisotopic (exact) mass is 400 g/mol. The van der Waals surface area contributed by atoms with Gasteiger partial charge in [0.15, 0.2) is 22.4 Å². The molecule has 0 amide bonds. The van der Waals surface area contributed by atoms with Gasteiger partial charge in [-0.2, -0.15) is 0 Å². The molecule has 2 aliphatic rings. The average molecular weight is 401 g/mol. The van der Waals surface area contributed by atoms with Crippen LogP contribution in [0.5, 0.6) is 0 Å². The number of fused-ring (bicyclic) bond motifs is 1. The van der Waals surface area contributed by atoms with Gasteiger partial charge >= 0.3 is 0 Å². The Morgan fingerprint density at radius 2 is 1.88 bits per heavy atom. The van der Waals surface area contributed by atoms with Gasteiger partial charge in [-0.25, -0.2) is 0 Å². The predicted octanol–water partition coefficient (Wildman–Crippen LogP) is 4.12. The first-order chi connectivity index (χ1) is 11.8. The molecule has 1 heterocycles. The second-order valence-corrected chi connectivity index (χ2v) is 18.7. The first-order valence-corrected chi connectivity index (χ1v) is 16.4. The van der Waals surface area contributed by atoms with Crippen molar-refractivity contribution in [3.8, 4) is 0 Å². The number of methoxy groups -OCH3 is 1. The van der Waals surface area contributed by atoms with E-state index in [1.165, 1.54) is 0 Å². The van der Waals surface area contributed by atoms with Crippen LogP contribution in [0.3, 0.4) is 0 Å². The molecule has 0 saturated carbocycles. The molecule has 1 aliphatic carbocycles. The number of hydrogen-bond donors (Lipinski definition) is 0. The summed E-state index contributed by atoms with van der Waals surface area (Å²) in [5.74, 6) is -0.856. The first-order valence-electron chi connectivity index (χ1n) is 9.59. The maximum Gasteiger partial charge on any atom is 0.201 e. The van der Waals surface area contributed by atoms with E-state index < -0.39 is 27.8 Å². The summed E-state index contributed by atoms with van der Waals surface area (Å²) >= 11 is 0. The van der Waals surface area contributed by atoms with Crippen molar-refractivity contribution in [3.63, 3.8) is 0 Å². The smallest absolute Gasteiger partial charge is 0.201 e. The van der Waals surface area contributed by atoms with Crippen LogP contribution in [0.1, 0.15) is 26.2 Å². The van der Waals surface area contributed by atoms with E-state index in [1.807, 2.05) is 6.92 Å². The summed E-state index contributed by atoms with van der Waals surface area (Å²) in [7, 11) is -1.69. The normalized spacial score (nSPS) is 33.4. The van der Waals surface area contributed by atoms with Crippen LogP contribution in [0.4, 0.5) is 0 Å². The van der Waals surface area contributed by atoms with E-state index in [0.717, 1.165) is 19.3 Å². The minimum absolute atomic E-state index is 0.00911. The Labute approximate surface area is 160 Å². The molecule has 1 aliphatic heterocycles. The largest absolute Gasteiger partial charge is 0.415 e. The van der Waals surface area contributed by atoms with E-state index in [4.69, 9.17) is 18.3 Å². The second kappa shape index (κ2) is 7.60. The quantitative estimate of drug-likeness (QED) is 0.574. The van der Waals surface area contributed by atoms with Crippen LogP contribution in [0.2, 0.25) is 39.3 Å². The molecule has 0 spiro atoms. The Morgan fingerprint density at radius 3 is 2.42 bits per heavy atom. The van der Waals surface area contributed by atoms with Gasteiger partial charge in [-0.3, -0.25) is 4.79 Å². The molecule has 4 atom stereocenters. The molecule has 1 unspecified atom stereocenters. The van der Waals surface area contributed by atoms with Gasteiger partial charge in [0, 0.05) is 13.5 Å². The molecule has 0 aromatic carbocycles. The minimum Gasteiger partial charge on any atom is -0.415 e. The fraction of sp³-hybridized carbons (Fsp3) is 0.842. The van der Waals surface area contributed by atoms with Crippen molar-refractivity contribution in [1.82, 2.24) is 0 Å².